The summed E-state index contributed by atoms with van der Waals surface area (Å²) in [7, 11) is 0. The van der Waals surface area contributed by atoms with Gasteiger partial charge in [-0.05, 0) is 71.1 Å². The average Bonchev–Trinajstić information content (AvgIpc) is 2.71. The molecule has 4 heteroatoms. The molecule has 1 amide bonds. The predicted molar refractivity (Wildman–Crippen MR) is 89.9 cm³/mol. The maximum absolute atomic E-state index is 11.8. The van der Waals surface area contributed by atoms with E-state index in [9.17, 15) is 4.79 Å². The smallest absolute Gasteiger partial charge is 0.407 e. The van der Waals surface area contributed by atoms with E-state index in [2.05, 4.69) is 24.5 Å². The Balaban J connectivity index is 1.72. The highest BCUT2D eigenvalue weighted by molar-refractivity contribution is 5.68. The first-order valence-corrected chi connectivity index (χ1v) is 8.97. The van der Waals surface area contributed by atoms with Crippen molar-refractivity contribution in [2.45, 2.75) is 96.9 Å². The van der Waals surface area contributed by atoms with Crippen LogP contribution in [-0.4, -0.2) is 29.8 Å². The molecule has 2 saturated carbocycles. The van der Waals surface area contributed by atoms with Gasteiger partial charge in [-0.15, -0.1) is 0 Å². The van der Waals surface area contributed by atoms with Gasteiger partial charge in [-0.25, -0.2) is 4.79 Å². The van der Waals surface area contributed by atoms with Gasteiger partial charge in [-0.2, -0.15) is 0 Å². The normalized spacial score (nSPS) is 36.1. The number of nitrogens with one attached hydrogen (secondary N) is 2. The van der Waals surface area contributed by atoms with Crippen LogP contribution in [0.3, 0.4) is 0 Å². The lowest BCUT2D eigenvalue weighted by atomic mass is 9.80. The first-order chi connectivity index (χ1) is 10.2. The van der Waals surface area contributed by atoms with E-state index < -0.39 is 5.60 Å². The van der Waals surface area contributed by atoms with Crippen LogP contribution in [0.15, 0.2) is 0 Å². The monoisotopic (exact) mass is 310 g/mol. The lowest BCUT2D eigenvalue weighted by Gasteiger charge is -2.34. The van der Waals surface area contributed by atoms with Gasteiger partial charge in [-0.1, -0.05) is 13.8 Å². The topological polar surface area (TPSA) is 50.4 Å². The Morgan fingerprint density at radius 1 is 0.909 bits per heavy atom. The number of amides is 1. The van der Waals surface area contributed by atoms with E-state index in [-0.39, 0.29) is 12.1 Å². The standard InChI is InChI=1S/C18H34N2O2/c1-12-8-13(2)10-16(9-12)19-14-6-7-15(11-14)20-17(21)22-18(3,4)5/h12-16,19H,6-11H2,1-5H3,(H,20,21). The number of ether oxygens (including phenoxy) is 1. The summed E-state index contributed by atoms with van der Waals surface area (Å²) < 4.78 is 5.34. The second kappa shape index (κ2) is 7.20. The highest BCUT2D eigenvalue weighted by Crippen LogP contribution is 2.30. The second-order valence-electron chi connectivity index (χ2n) is 8.63. The third-order valence-electron chi connectivity index (χ3n) is 4.80. The molecule has 22 heavy (non-hydrogen) atoms. The molecule has 4 nitrogen and oxygen atoms in total. The second-order valence-corrected chi connectivity index (χ2v) is 8.63. The summed E-state index contributed by atoms with van der Waals surface area (Å²) in [5.74, 6) is 1.66. The van der Waals surface area contributed by atoms with Gasteiger partial charge in [0.05, 0.1) is 0 Å². The van der Waals surface area contributed by atoms with Gasteiger partial charge in [0.25, 0.3) is 0 Å². The van der Waals surface area contributed by atoms with Crippen LogP contribution in [0.25, 0.3) is 0 Å². The van der Waals surface area contributed by atoms with Crippen molar-refractivity contribution in [2.24, 2.45) is 11.8 Å². The number of carbonyl (C=O) groups excluding carboxylic acids is 1. The van der Waals surface area contributed by atoms with Crippen LogP contribution in [0.2, 0.25) is 0 Å². The fourth-order valence-electron chi connectivity index (χ4n) is 4.15. The number of hydrogen-bond donors (Lipinski definition) is 2. The number of hydrogen-bond acceptors (Lipinski definition) is 3. The number of carbonyl (C=O) groups is 1. The van der Waals surface area contributed by atoms with Crippen LogP contribution in [0.5, 0.6) is 0 Å². The van der Waals surface area contributed by atoms with Crippen molar-refractivity contribution in [2.75, 3.05) is 0 Å². The lowest BCUT2D eigenvalue weighted by molar-refractivity contribution is 0.0505. The van der Waals surface area contributed by atoms with Gasteiger partial charge in [0.2, 0.25) is 0 Å². The third kappa shape index (κ3) is 5.79. The molecule has 128 valence electrons. The van der Waals surface area contributed by atoms with Crippen molar-refractivity contribution in [1.29, 1.82) is 0 Å². The Morgan fingerprint density at radius 3 is 2.09 bits per heavy atom. The summed E-state index contributed by atoms with van der Waals surface area (Å²) in [4.78, 5) is 11.8. The maximum atomic E-state index is 11.8. The van der Waals surface area contributed by atoms with E-state index in [4.69, 9.17) is 4.74 Å². The van der Waals surface area contributed by atoms with Crippen LogP contribution in [-0.2, 0) is 4.74 Å². The molecule has 2 fully saturated rings. The Kier molecular flexibility index (Phi) is 5.76. The molecular weight excluding hydrogens is 276 g/mol. The minimum atomic E-state index is -0.422. The maximum Gasteiger partial charge on any atom is 0.407 e. The van der Waals surface area contributed by atoms with E-state index in [1.54, 1.807) is 0 Å². The molecule has 0 heterocycles. The molecule has 0 saturated heterocycles. The highest BCUT2D eigenvalue weighted by atomic mass is 16.6. The van der Waals surface area contributed by atoms with Crippen molar-refractivity contribution in [1.82, 2.24) is 10.6 Å². The Hall–Kier alpha value is -0.770. The first kappa shape index (κ1) is 17.6. The van der Waals surface area contributed by atoms with Crippen molar-refractivity contribution < 1.29 is 9.53 Å². The molecule has 2 N–H and O–H groups in total. The van der Waals surface area contributed by atoms with Gasteiger partial charge in [-0.3, -0.25) is 0 Å². The van der Waals surface area contributed by atoms with Gasteiger partial charge in [0.15, 0.2) is 0 Å². The zero-order valence-electron chi connectivity index (χ0n) is 14.9. The first-order valence-electron chi connectivity index (χ1n) is 8.97. The Morgan fingerprint density at radius 2 is 1.50 bits per heavy atom. The summed E-state index contributed by atoms with van der Waals surface area (Å²) in [5, 5.41) is 6.86. The van der Waals surface area contributed by atoms with Crippen LogP contribution in [0, 0.1) is 11.8 Å². The van der Waals surface area contributed by atoms with E-state index in [1.165, 1.54) is 19.3 Å². The van der Waals surface area contributed by atoms with Crippen LogP contribution < -0.4 is 10.6 Å². The molecule has 0 aliphatic heterocycles. The molecule has 0 aromatic carbocycles. The quantitative estimate of drug-likeness (QED) is 0.832. The van der Waals surface area contributed by atoms with E-state index >= 15 is 0 Å². The Bertz CT molecular complexity index is 368. The Labute approximate surface area is 135 Å². The van der Waals surface area contributed by atoms with Crippen LogP contribution in [0.1, 0.15) is 73.1 Å². The zero-order valence-corrected chi connectivity index (χ0v) is 14.9. The third-order valence-corrected chi connectivity index (χ3v) is 4.80. The number of rotatable bonds is 3. The molecule has 4 atom stereocenters. The summed E-state index contributed by atoms with van der Waals surface area (Å²) in [6.45, 7) is 10.4. The van der Waals surface area contributed by atoms with Gasteiger partial charge >= 0.3 is 6.09 Å². The largest absolute Gasteiger partial charge is 0.444 e. The molecule has 0 aromatic heterocycles. The van der Waals surface area contributed by atoms with Crippen molar-refractivity contribution in [3.8, 4) is 0 Å². The zero-order chi connectivity index (χ0) is 16.3. The summed E-state index contributed by atoms with van der Waals surface area (Å²) >= 11 is 0. The molecule has 2 aliphatic carbocycles. The minimum Gasteiger partial charge on any atom is -0.444 e. The molecule has 0 aromatic rings. The SMILES string of the molecule is CC1CC(C)CC(NC2CCC(NC(=O)OC(C)(C)C)C2)C1. The molecule has 0 bridgehead atoms. The predicted octanol–water partition coefficient (Wildman–Crippen LogP) is 3.85. The van der Waals surface area contributed by atoms with Gasteiger partial charge in [0.1, 0.15) is 5.60 Å². The molecule has 0 radical (unpaired) electrons. The molecule has 0 spiro atoms. The molecule has 2 aliphatic rings. The summed E-state index contributed by atoms with van der Waals surface area (Å²) in [5.41, 5.74) is -0.422. The number of alkyl carbamates (subject to hydrolysis) is 1. The van der Waals surface area contributed by atoms with Crippen molar-refractivity contribution in [3.05, 3.63) is 0 Å². The van der Waals surface area contributed by atoms with Crippen molar-refractivity contribution >= 4 is 6.09 Å². The molecule has 4 unspecified atom stereocenters. The fraction of sp³-hybridized carbons (Fsp3) is 0.944. The van der Waals surface area contributed by atoms with Crippen LogP contribution >= 0.6 is 0 Å². The van der Waals surface area contributed by atoms with Gasteiger partial charge in [0, 0.05) is 18.1 Å². The van der Waals surface area contributed by atoms with Gasteiger partial charge < -0.3 is 15.4 Å². The van der Waals surface area contributed by atoms with E-state index in [1.807, 2.05) is 20.8 Å². The minimum absolute atomic E-state index is 0.255. The lowest BCUT2D eigenvalue weighted by Crippen LogP contribution is -2.43. The van der Waals surface area contributed by atoms with E-state index in [0.29, 0.717) is 12.1 Å². The van der Waals surface area contributed by atoms with Crippen LogP contribution in [0.4, 0.5) is 4.79 Å². The van der Waals surface area contributed by atoms with Crippen molar-refractivity contribution in [3.63, 3.8) is 0 Å². The molecular formula is C18H34N2O2. The molecule has 2 rings (SSSR count). The summed E-state index contributed by atoms with van der Waals surface area (Å²) in [6.07, 6.45) is 6.91. The highest BCUT2D eigenvalue weighted by Gasteiger charge is 2.31. The summed E-state index contributed by atoms with van der Waals surface area (Å²) in [6, 6.07) is 1.46. The average molecular weight is 310 g/mol. The fourth-order valence-corrected chi connectivity index (χ4v) is 4.15. The van der Waals surface area contributed by atoms with E-state index in [0.717, 1.165) is 31.1 Å².